The number of hydrogen-bond donors (Lipinski definition) is 0. The number of aromatic nitrogens is 1. The van der Waals surface area contributed by atoms with Crippen molar-refractivity contribution in [1.29, 1.82) is 0 Å². The Kier molecular flexibility index (Phi) is 6.06. The first kappa shape index (κ1) is 25.5. The van der Waals surface area contributed by atoms with Crippen LogP contribution < -0.4 is 9.64 Å². The van der Waals surface area contributed by atoms with Crippen molar-refractivity contribution >= 4 is 50.9 Å². The molecule has 8 rings (SSSR count). The van der Waals surface area contributed by atoms with Gasteiger partial charge in [-0.2, -0.15) is 0 Å². The van der Waals surface area contributed by atoms with Gasteiger partial charge in [0.05, 0.1) is 26.8 Å². The molecule has 7 heteroatoms. The molecule has 0 bridgehead atoms. The molecule has 0 N–H and O–H groups in total. The van der Waals surface area contributed by atoms with Gasteiger partial charge in [0.2, 0.25) is 0 Å². The van der Waals surface area contributed by atoms with Crippen LogP contribution in [0.3, 0.4) is 0 Å². The average Bonchev–Trinajstić information content (AvgIpc) is 3.83. The molecule has 206 valence electrons. The van der Waals surface area contributed by atoms with E-state index in [1.807, 2.05) is 36.4 Å². The lowest BCUT2D eigenvalue weighted by Gasteiger charge is -2.27. The second kappa shape index (κ2) is 10.2. The molecule has 43 heavy (non-hydrogen) atoms. The van der Waals surface area contributed by atoms with Crippen LogP contribution in [-0.2, 0) is 0 Å². The summed E-state index contributed by atoms with van der Waals surface area (Å²) in [5, 5.41) is 5.78. The van der Waals surface area contributed by atoms with Crippen molar-refractivity contribution in [3.05, 3.63) is 143 Å². The number of rotatable bonds is 6. The Labute approximate surface area is 255 Å². The Morgan fingerprint density at radius 2 is 1.02 bits per heavy atom. The third-order valence-electron chi connectivity index (χ3n) is 7.63. The van der Waals surface area contributed by atoms with Crippen LogP contribution in [0.2, 0.25) is 0 Å². The average molecular weight is 595 g/mol. The van der Waals surface area contributed by atoms with E-state index < -0.39 is 0 Å². The molecule has 0 unspecified atom stereocenters. The van der Waals surface area contributed by atoms with Crippen molar-refractivity contribution in [2.24, 2.45) is 0 Å². The van der Waals surface area contributed by atoms with E-state index in [2.05, 4.69) is 63.9 Å². The van der Waals surface area contributed by atoms with E-state index in [0.29, 0.717) is 33.7 Å². The molecule has 0 radical (unpaired) electrons. The van der Waals surface area contributed by atoms with Crippen molar-refractivity contribution in [2.45, 2.75) is 0 Å². The minimum Gasteiger partial charge on any atom is -0.457 e. The van der Waals surface area contributed by atoms with Crippen LogP contribution in [0.1, 0.15) is 20.7 Å². The summed E-state index contributed by atoms with van der Waals surface area (Å²) >= 11 is 3.44. The second-order valence-electron chi connectivity index (χ2n) is 10.1. The highest BCUT2D eigenvalue weighted by molar-refractivity contribution is 7.14. The molecule has 4 heterocycles. The van der Waals surface area contributed by atoms with Crippen LogP contribution in [0.5, 0.6) is 11.5 Å². The maximum absolute atomic E-state index is 13.4. The zero-order chi connectivity index (χ0) is 28.9. The van der Waals surface area contributed by atoms with Crippen molar-refractivity contribution in [2.75, 3.05) is 4.90 Å². The van der Waals surface area contributed by atoms with Crippen molar-refractivity contribution in [3.63, 3.8) is 0 Å². The van der Waals surface area contributed by atoms with E-state index in [-0.39, 0.29) is 11.8 Å². The Morgan fingerprint density at radius 3 is 1.51 bits per heavy atom. The molecule has 1 aliphatic heterocycles. The zero-order valence-corrected chi connectivity index (χ0v) is 24.3. The molecule has 2 amide bonds. The van der Waals surface area contributed by atoms with Gasteiger partial charge in [0, 0.05) is 22.2 Å². The van der Waals surface area contributed by atoms with E-state index in [4.69, 9.17) is 4.74 Å². The number of hydrogen-bond acceptors (Lipinski definition) is 5. The van der Waals surface area contributed by atoms with Gasteiger partial charge in [0.1, 0.15) is 11.5 Å². The summed E-state index contributed by atoms with van der Waals surface area (Å²) < 4.78 is 8.44. The van der Waals surface area contributed by atoms with Gasteiger partial charge in [-0.05, 0) is 101 Å². The molecule has 7 aromatic rings. The zero-order valence-electron chi connectivity index (χ0n) is 22.6. The van der Waals surface area contributed by atoms with Crippen LogP contribution in [0.15, 0.2) is 132 Å². The Balaban J connectivity index is 1.06. The van der Waals surface area contributed by atoms with Crippen molar-refractivity contribution in [1.82, 2.24) is 4.57 Å². The lowest BCUT2D eigenvalue weighted by atomic mass is 9.94. The molecule has 0 saturated carbocycles. The molecular weight excluding hydrogens is 573 g/mol. The summed E-state index contributed by atoms with van der Waals surface area (Å²) in [5.41, 5.74) is 4.88. The van der Waals surface area contributed by atoms with Crippen molar-refractivity contribution in [3.8, 4) is 38.3 Å². The molecule has 0 saturated heterocycles. The number of amides is 2. The van der Waals surface area contributed by atoms with E-state index >= 15 is 0 Å². The first-order valence-electron chi connectivity index (χ1n) is 13.7. The third-order valence-corrected chi connectivity index (χ3v) is 9.41. The van der Waals surface area contributed by atoms with Crippen LogP contribution >= 0.6 is 22.7 Å². The fraction of sp³-hybridized carbons (Fsp3) is 0. The molecule has 0 aliphatic carbocycles. The third kappa shape index (κ3) is 4.29. The second-order valence-corrected chi connectivity index (χ2v) is 12.0. The quantitative estimate of drug-likeness (QED) is 0.180. The highest BCUT2D eigenvalue weighted by Gasteiger charge is 2.33. The first-order valence-corrected chi connectivity index (χ1v) is 15.5. The maximum Gasteiger partial charge on any atom is 0.265 e. The SMILES string of the molecule is O=C1c2cccc3cccc(c23)C(=O)N1c1ccc(Oc2ccc(-n3c(-c4cccs4)ccc3-c3cccs3)cc2)cc1. The van der Waals surface area contributed by atoms with Gasteiger partial charge in [-0.15, -0.1) is 22.7 Å². The number of benzene rings is 4. The minimum absolute atomic E-state index is 0.326. The fourth-order valence-electron chi connectivity index (χ4n) is 5.68. The minimum atomic E-state index is -0.326. The maximum atomic E-state index is 13.4. The lowest BCUT2D eigenvalue weighted by Crippen LogP contribution is -2.40. The molecule has 1 aliphatic rings. The van der Waals surface area contributed by atoms with Gasteiger partial charge in [-0.1, -0.05) is 36.4 Å². The Hall–Kier alpha value is -5.24. The summed E-state index contributed by atoms with van der Waals surface area (Å²) in [6.45, 7) is 0. The van der Waals surface area contributed by atoms with Gasteiger partial charge >= 0.3 is 0 Å². The number of nitrogens with zero attached hydrogens (tertiary/aromatic N) is 2. The number of ether oxygens (including phenoxy) is 1. The largest absolute Gasteiger partial charge is 0.457 e. The van der Waals surface area contributed by atoms with Gasteiger partial charge in [-0.25, -0.2) is 4.90 Å². The summed E-state index contributed by atoms with van der Waals surface area (Å²) in [4.78, 5) is 30.4. The van der Waals surface area contributed by atoms with Gasteiger partial charge in [-0.3, -0.25) is 9.59 Å². The van der Waals surface area contributed by atoms with Gasteiger partial charge in [0.25, 0.3) is 11.8 Å². The van der Waals surface area contributed by atoms with Crippen LogP contribution in [0.4, 0.5) is 5.69 Å². The number of carbonyl (C=O) groups is 2. The molecular formula is C36H22N2O3S2. The summed E-state index contributed by atoms with van der Waals surface area (Å²) in [7, 11) is 0. The van der Waals surface area contributed by atoms with Gasteiger partial charge < -0.3 is 9.30 Å². The smallest absolute Gasteiger partial charge is 0.265 e. The number of carbonyl (C=O) groups excluding carboxylic acids is 2. The Morgan fingerprint density at radius 1 is 0.512 bits per heavy atom. The van der Waals surface area contributed by atoms with E-state index in [0.717, 1.165) is 22.5 Å². The molecule has 4 aromatic carbocycles. The fourth-order valence-corrected chi connectivity index (χ4v) is 7.16. The molecule has 0 atom stereocenters. The van der Waals surface area contributed by atoms with E-state index in [1.54, 1.807) is 59.1 Å². The molecule has 0 spiro atoms. The summed E-state index contributed by atoms with van der Waals surface area (Å²) in [6, 6.07) is 38.9. The normalized spacial score (nSPS) is 12.7. The Bertz CT molecular complexity index is 2020. The first-order chi connectivity index (χ1) is 21.2. The number of anilines is 1. The standard InChI is InChI=1S/C36H22N2O3S2/c39-35-28-7-1-5-23-6-2-8-29(34(23)28)36(40)38(35)25-13-17-27(18-14-25)41-26-15-11-24(12-16-26)37-30(32-9-3-21-42-32)19-20-31(37)33-10-4-22-43-33/h1-22H. The van der Waals surface area contributed by atoms with Gasteiger partial charge in [0.15, 0.2) is 0 Å². The van der Waals surface area contributed by atoms with E-state index in [9.17, 15) is 9.59 Å². The predicted molar refractivity (Wildman–Crippen MR) is 174 cm³/mol. The molecule has 0 fully saturated rings. The summed E-state index contributed by atoms with van der Waals surface area (Å²) in [5.74, 6) is 0.639. The highest BCUT2D eigenvalue weighted by atomic mass is 32.1. The monoisotopic (exact) mass is 594 g/mol. The summed E-state index contributed by atoms with van der Waals surface area (Å²) in [6.07, 6.45) is 0. The molecule has 3 aromatic heterocycles. The number of thiophene rings is 2. The van der Waals surface area contributed by atoms with Crippen LogP contribution in [0.25, 0.3) is 37.6 Å². The van der Waals surface area contributed by atoms with Crippen LogP contribution in [0, 0.1) is 0 Å². The predicted octanol–water partition coefficient (Wildman–Crippen LogP) is 9.68. The van der Waals surface area contributed by atoms with Crippen molar-refractivity contribution < 1.29 is 14.3 Å². The van der Waals surface area contributed by atoms with E-state index in [1.165, 1.54) is 14.7 Å². The topological polar surface area (TPSA) is 51.5 Å². The number of imide groups is 1. The molecule has 5 nitrogen and oxygen atoms in total. The lowest BCUT2D eigenvalue weighted by molar-refractivity contribution is 0.0893. The van der Waals surface area contributed by atoms with Crippen LogP contribution in [-0.4, -0.2) is 16.4 Å². The highest BCUT2D eigenvalue weighted by Crippen LogP contribution is 2.37.